The number of carbonyl (C=O) groups excluding carboxylic acids is 4. The second kappa shape index (κ2) is 15.6. The van der Waals surface area contributed by atoms with Crippen molar-refractivity contribution in [2.75, 3.05) is 32.8 Å². The maximum atomic E-state index is 13.7. The highest BCUT2D eigenvalue weighted by Gasteiger charge is 2.50. The summed E-state index contributed by atoms with van der Waals surface area (Å²) >= 11 is 6.07. The van der Waals surface area contributed by atoms with Crippen molar-refractivity contribution in [1.29, 1.82) is 0 Å². The van der Waals surface area contributed by atoms with Crippen LogP contribution in [0, 0.1) is 11.3 Å². The molecule has 2 atom stereocenters. The fourth-order valence-corrected chi connectivity index (χ4v) is 7.27. The van der Waals surface area contributed by atoms with E-state index in [1.165, 1.54) is 0 Å². The van der Waals surface area contributed by atoms with Crippen LogP contribution >= 0.6 is 11.6 Å². The van der Waals surface area contributed by atoms with E-state index in [-0.39, 0.29) is 37.4 Å². The van der Waals surface area contributed by atoms with Crippen molar-refractivity contribution >= 4 is 35.6 Å². The number of rotatable bonds is 11. The number of likely N-dealkylation sites (tertiary alicyclic amines) is 1. The number of fused-ring (bicyclic) bond motifs is 3. The molecule has 3 aromatic rings. The molecule has 52 heavy (non-hydrogen) atoms. The Kier molecular flexibility index (Phi) is 11.6. The Balaban J connectivity index is 1.07. The van der Waals surface area contributed by atoms with Gasteiger partial charge in [0.1, 0.15) is 24.8 Å². The van der Waals surface area contributed by atoms with Gasteiger partial charge in [0, 0.05) is 29.4 Å². The van der Waals surface area contributed by atoms with Crippen molar-refractivity contribution in [1.82, 2.24) is 20.9 Å². The first-order valence-corrected chi connectivity index (χ1v) is 18.0. The molecule has 2 aliphatic rings. The van der Waals surface area contributed by atoms with Gasteiger partial charge in [-0.2, -0.15) is 0 Å². The predicted octanol–water partition coefficient (Wildman–Crippen LogP) is 5.97. The number of nitrogens with one attached hydrogen (secondary N) is 3. The van der Waals surface area contributed by atoms with E-state index in [9.17, 15) is 24.3 Å². The van der Waals surface area contributed by atoms with Gasteiger partial charge in [0.2, 0.25) is 5.91 Å². The number of ether oxygens (including phenoxy) is 2. The van der Waals surface area contributed by atoms with E-state index in [2.05, 4.69) is 16.0 Å². The highest BCUT2D eigenvalue weighted by molar-refractivity contribution is 6.30. The molecule has 278 valence electrons. The summed E-state index contributed by atoms with van der Waals surface area (Å²) in [5.41, 5.74) is 2.14. The van der Waals surface area contributed by atoms with Crippen LogP contribution in [0.4, 0.5) is 9.59 Å². The zero-order chi connectivity index (χ0) is 37.8. The van der Waals surface area contributed by atoms with Crippen molar-refractivity contribution in [3.8, 4) is 11.1 Å². The summed E-state index contributed by atoms with van der Waals surface area (Å²) in [7, 11) is 0. The second-order valence-electron chi connectivity index (χ2n) is 15.2. The average Bonchev–Trinajstić information content (AvgIpc) is 3.42. The van der Waals surface area contributed by atoms with Crippen LogP contribution in [0.25, 0.3) is 11.1 Å². The van der Waals surface area contributed by atoms with E-state index in [0.29, 0.717) is 18.0 Å². The minimum Gasteiger partial charge on any atom is -0.456 e. The van der Waals surface area contributed by atoms with Crippen LogP contribution in [0.2, 0.25) is 5.02 Å². The number of benzene rings is 3. The molecule has 1 aliphatic heterocycles. The predicted molar refractivity (Wildman–Crippen MR) is 199 cm³/mol. The number of carbonyl (C=O) groups is 4. The molecule has 2 unspecified atom stereocenters. The largest absolute Gasteiger partial charge is 0.456 e. The van der Waals surface area contributed by atoms with Gasteiger partial charge < -0.3 is 35.4 Å². The van der Waals surface area contributed by atoms with Crippen LogP contribution in [-0.2, 0) is 24.7 Å². The molecule has 4 amide bonds. The van der Waals surface area contributed by atoms with Gasteiger partial charge in [-0.25, -0.2) is 9.59 Å². The van der Waals surface area contributed by atoms with Crippen molar-refractivity contribution in [2.45, 2.75) is 71.1 Å². The molecule has 1 aliphatic carbocycles. The fraction of sp³-hybridized carbons (Fsp3) is 0.450. The molecule has 12 heteroatoms. The third kappa shape index (κ3) is 8.53. The number of urea groups is 1. The maximum Gasteiger partial charge on any atom is 0.407 e. The molecule has 5 rings (SSSR count). The number of esters is 1. The summed E-state index contributed by atoms with van der Waals surface area (Å²) in [5, 5.41) is 20.2. The van der Waals surface area contributed by atoms with Crippen LogP contribution in [0.1, 0.15) is 70.6 Å². The van der Waals surface area contributed by atoms with E-state index in [1.807, 2.05) is 88.4 Å². The minimum absolute atomic E-state index is 0.0562. The minimum atomic E-state index is -1.17. The molecule has 0 radical (unpaired) electrons. The number of nitrogens with zero attached hydrogens (tertiary/aromatic N) is 1. The fourth-order valence-electron chi connectivity index (χ4n) is 7.14. The lowest BCUT2D eigenvalue weighted by Crippen LogP contribution is -2.61. The number of alkyl carbamates (subject to hydrolysis) is 1. The number of hydrogen-bond acceptors (Lipinski definition) is 7. The molecule has 1 heterocycles. The molecule has 11 nitrogen and oxygen atoms in total. The van der Waals surface area contributed by atoms with Crippen LogP contribution in [0.5, 0.6) is 0 Å². The lowest BCUT2D eigenvalue weighted by Gasteiger charge is -2.51. The van der Waals surface area contributed by atoms with Crippen LogP contribution in [0.15, 0.2) is 72.8 Å². The zero-order valence-electron chi connectivity index (χ0n) is 30.6. The highest BCUT2D eigenvalue weighted by Crippen LogP contribution is 2.47. The first kappa shape index (κ1) is 38.6. The molecular formula is C40H49ClN4O7. The Morgan fingerprint density at radius 3 is 2.12 bits per heavy atom. The van der Waals surface area contributed by atoms with Crippen LogP contribution in [0.3, 0.4) is 0 Å². The molecule has 1 saturated heterocycles. The van der Waals surface area contributed by atoms with Crippen molar-refractivity contribution in [2.24, 2.45) is 11.3 Å². The normalized spacial score (nSPS) is 18.5. The molecule has 0 bridgehead atoms. The van der Waals surface area contributed by atoms with E-state index in [0.717, 1.165) is 27.8 Å². The van der Waals surface area contributed by atoms with Gasteiger partial charge in [0.05, 0.1) is 12.1 Å². The van der Waals surface area contributed by atoms with Crippen LogP contribution in [-0.4, -0.2) is 78.4 Å². The van der Waals surface area contributed by atoms with E-state index < -0.39 is 47.3 Å². The first-order chi connectivity index (χ1) is 24.5. The van der Waals surface area contributed by atoms with E-state index in [4.69, 9.17) is 21.1 Å². The molecule has 3 aromatic carbocycles. The molecule has 0 saturated carbocycles. The quantitative estimate of drug-likeness (QED) is 0.178. The lowest BCUT2D eigenvalue weighted by atomic mass is 9.66. The number of halogens is 1. The summed E-state index contributed by atoms with van der Waals surface area (Å²) in [6.45, 7) is 11.0. The van der Waals surface area contributed by atoms with E-state index >= 15 is 0 Å². The van der Waals surface area contributed by atoms with Crippen molar-refractivity contribution < 1.29 is 33.8 Å². The number of hydrogen-bond donors (Lipinski definition) is 4. The first-order valence-electron chi connectivity index (χ1n) is 17.6. The molecule has 1 fully saturated rings. The smallest absolute Gasteiger partial charge is 0.407 e. The average molecular weight is 733 g/mol. The molecule has 0 aromatic heterocycles. The summed E-state index contributed by atoms with van der Waals surface area (Å²) < 4.78 is 11.0. The number of aliphatic hydroxyl groups is 1. The SMILES string of the molecule is CC(C)C(NC(=O)NCC(C)(C)OC(=O)CNC(=O)OCC1c2ccccc2-c2ccccc21)C(=O)N1CCC(O)(c2ccc(Cl)cc2)C(C)(C)C1. The topological polar surface area (TPSA) is 146 Å². The van der Waals surface area contributed by atoms with Gasteiger partial charge in [-0.3, -0.25) is 9.59 Å². The summed E-state index contributed by atoms with van der Waals surface area (Å²) in [5.74, 6) is -1.30. The Bertz CT molecular complexity index is 1750. The molecule has 4 N–H and O–H groups in total. The van der Waals surface area contributed by atoms with Crippen LogP contribution < -0.4 is 16.0 Å². The van der Waals surface area contributed by atoms with Crippen molar-refractivity contribution in [3.05, 3.63) is 94.5 Å². The Morgan fingerprint density at radius 2 is 1.54 bits per heavy atom. The Labute approximate surface area is 310 Å². The lowest BCUT2D eigenvalue weighted by molar-refractivity contribution is -0.155. The third-order valence-electron chi connectivity index (χ3n) is 10.1. The summed E-state index contributed by atoms with van der Waals surface area (Å²) in [6.07, 6.45) is -0.426. The monoisotopic (exact) mass is 732 g/mol. The summed E-state index contributed by atoms with van der Waals surface area (Å²) in [4.78, 5) is 53.6. The summed E-state index contributed by atoms with van der Waals surface area (Å²) in [6, 6.07) is 21.7. The highest BCUT2D eigenvalue weighted by atomic mass is 35.5. The number of piperidine rings is 1. The maximum absolute atomic E-state index is 13.7. The zero-order valence-corrected chi connectivity index (χ0v) is 31.4. The Morgan fingerprint density at radius 1 is 0.942 bits per heavy atom. The third-order valence-corrected chi connectivity index (χ3v) is 10.3. The second-order valence-corrected chi connectivity index (χ2v) is 15.7. The Hall–Kier alpha value is -4.61. The van der Waals surface area contributed by atoms with Gasteiger partial charge in [0.25, 0.3) is 0 Å². The molecular weight excluding hydrogens is 684 g/mol. The van der Waals surface area contributed by atoms with E-state index in [1.54, 1.807) is 30.9 Å². The van der Waals surface area contributed by atoms with Crippen molar-refractivity contribution in [3.63, 3.8) is 0 Å². The number of amides is 4. The molecule has 0 spiro atoms. The standard InChI is InChI=1S/C40H49ClN4O7/c1-25(2)34(35(47)45-20-19-40(50,38(3,4)24-45)26-15-17-27(41)18-16-26)44-36(48)43-23-39(5,6)52-33(46)21-42-37(49)51-22-32-30-13-9-7-11-28(30)29-12-8-10-14-31(29)32/h7-18,25,32,34,50H,19-24H2,1-6H3,(H,42,49)(H2,43,44,48). The van der Waals surface area contributed by atoms with Gasteiger partial charge in [-0.05, 0) is 66.1 Å². The van der Waals surface area contributed by atoms with Gasteiger partial charge in [-0.15, -0.1) is 0 Å². The van der Waals surface area contributed by atoms with Gasteiger partial charge >= 0.3 is 18.1 Å². The van der Waals surface area contributed by atoms with Gasteiger partial charge in [-0.1, -0.05) is 100.0 Å². The van der Waals surface area contributed by atoms with Gasteiger partial charge in [0.15, 0.2) is 0 Å².